The van der Waals surface area contributed by atoms with E-state index in [2.05, 4.69) is 4.74 Å². The third-order valence-electron chi connectivity index (χ3n) is 1.61. The Hall–Kier alpha value is -1.10. The van der Waals surface area contributed by atoms with Crippen LogP contribution in [-0.4, -0.2) is 47.7 Å². The van der Waals surface area contributed by atoms with Gasteiger partial charge < -0.3 is 14.7 Å². The molecule has 0 unspecified atom stereocenters. The topological polar surface area (TPSA) is 66.8 Å². The maximum atomic E-state index is 11.3. The Morgan fingerprint density at radius 3 is 2.21 bits per heavy atom. The van der Waals surface area contributed by atoms with E-state index in [1.165, 1.54) is 4.90 Å². The molecule has 0 aromatic rings. The van der Waals surface area contributed by atoms with Gasteiger partial charge in [0.15, 0.2) is 0 Å². The van der Waals surface area contributed by atoms with Crippen LogP contribution in [0.3, 0.4) is 0 Å². The number of aliphatic hydroxyl groups is 1. The van der Waals surface area contributed by atoms with Crippen LogP contribution in [0.1, 0.15) is 20.8 Å². The van der Waals surface area contributed by atoms with Crippen molar-refractivity contribution >= 4 is 11.9 Å². The van der Waals surface area contributed by atoms with E-state index < -0.39 is 17.5 Å². The Balaban J connectivity index is 4.42. The molecule has 0 aliphatic carbocycles. The van der Waals surface area contributed by atoms with Crippen LogP contribution in [0.25, 0.3) is 0 Å². The van der Waals surface area contributed by atoms with Gasteiger partial charge in [0, 0.05) is 13.1 Å². The van der Waals surface area contributed by atoms with Gasteiger partial charge in [-0.15, -0.1) is 0 Å². The van der Waals surface area contributed by atoms with Gasteiger partial charge in [-0.1, -0.05) is 0 Å². The normalized spacial score (nSPS) is 10.9. The highest BCUT2D eigenvalue weighted by Crippen LogP contribution is 2.05. The molecule has 0 saturated carbocycles. The highest BCUT2D eigenvalue weighted by molar-refractivity contribution is 6.32. The van der Waals surface area contributed by atoms with Gasteiger partial charge in [0.1, 0.15) is 0 Å². The first-order chi connectivity index (χ1) is 6.31. The lowest BCUT2D eigenvalue weighted by Gasteiger charge is -2.26. The number of likely N-dealkylation sites (N-methyl/N-ethyl adjacent to an activating group) is 1. The van der Waals surface area contributed by atoms with Crippen molar-refractivity contribution in [1.29, 1.82) is 0 Å². The van der Waals surface area contributed by atoms with Crippen molar-refractivity contribution in [3.63, 3.8) is 0 Å². The van der Waals surface area contributed by atoms with E-state index in [0.717, 1.165) is 7.11 Å². The number of hydrogen-bond acceptors (Lipinski definition) is 4. The molecular weight excluding hydrogens is 186 g/mol. The summed E-state index contributed by atoms with van der Waals surface area (Å²) >= 11 is 0. The minimum absolute atomic E-state index is 0.109. The SMILES string of the molecule is CCN(CC(C)(C)O)C(=O)C(=O)OC. The highest BCUT2D eigenvalue weighted by atomic mass is 16.5. The Kier molecular flexibility index (Phi) is 4.56. The Labute approximate surface area is 83.6 Å². The molecule has 0 heterocycles. The van der Waals surface area contributed by atoms with Gasteiger partial charge in [-0.2, -0.15) is 0 Å². The number of carbonyl (C=O) groups excluding carboxylic acids is 2. The van der Waals surface area contributed by atoms with E-state index in [0.29, 0.717) is 6.54 Å². The molecule has 5 heteroatoms. The molecule has 1 amide bonds. The Bertz CT molecular complexity index is 219. The summed E-state index contributed by atoms with van der Waals surface area (Å²) < 4.78 is 4.30. The van der Waals surface area contributed by atoms with Crippen LogP contribution in [-0.2, 0) is 14.3 Å². The molecule has 0 spiro atoms. The minimum atomic E-state index is -1.01. The van der Waals surface area contributed by atoms with Crippen molar-refractivity contribution in [2.75, 3.05) is 20.2 Å². The minimum Gasteiger partial charge on any atom is -0.462 e. The van der Waals surface area contributed by atoms with Gasteiger partial charge in [0.05, 0.1) is 12.7 Å². The predicted molar refractivity (Wildman–Crippen MR) is 50.6 cm³/mol. The van der Waals surface area contributed by atoms with Crippen LogP contribution in [0, 0.1) is 0 Å². The van der Waals surface area contributed by atoms with E-state index in [1.54, 1.807) is 20.8 Å². The molecule has 0 saturated heterocycles. The first kappa shape index (κ1) is 12.9. The number of esters is 1. The number of carbonyl (C=O) groups is 2. The zero-order valence-corrected chi connectivity index (χ0v) is 9.03. The molecule has 0 aromatic heterocycles. The van der Waals surface area contributed by atoms with Crippen LogP contribution >= 0.6 is 0 Å². The third-order valence-corrected chi connectivity index (χ3v) is 1.61. The summed E-state index contributed by atoms with van der Waals surface area (Å²) in [6.45, 7) is 5.34. The van der Waals surface area contributed by atoms with Crippen molar-refractivity contribution in [2.45, 2.75) is 26.4 Å². The quantitative estimate of drug-likeness (QED) is 0.508. The smallest absolute Gasteiger partial charge is 0.396 e. The lowest BCUT2D eigenvalue weighted by molar-refractivity contribution is -0.159. The Morgan fingerprint density at radius 2 is 1.93 bits per heavy atom. The van der Waals surface area contributed by atoms with Crippen LogP contribution in [0.15, 0.2) is 0 Å². The lowest BCUT2D eigenvalue weighted by atomic mass is 10.1. The summed E-state index contributed by atoms with van der Waals surface area (Å²) in [6, 6.07) is 0. The zero-order chi connectivity index (χ0) is 11.4. The largest absolute Gasteiger partial charge is 0.462 e. The molecule has 0 aliphatic rings. The maximum Gasteiger partial charge on any atom is 0.396 e. The molecule has 0 rings (SSSR count). The fourth-order valence-electron chi connectivity index (χ4n) is 1.01. The van der Waals surface area contributed by atoms with Crippen molar-refractivity contribution in [3.05, 3.63) is 0 Å². The second-order valence-electron chi connectivity index (χ2n) is 3.62. The molecule has 0 aromatic carbocycles. The summed E-state index contributed by atoms with van der Waals surface area (Å²) in [5.74, 6) is -1.63. The Morgan fingerprint density at radius 1 is 1.43 bits per heavy atom. The van der Waals surface area contributed by atoms with Crippen LogP contribution in [0.2, 0.25) is 0 Å². The number of rotatable bonds is 3. The molecular formula is C9H17NO4. The van der Waals surface area contributed by atoms with Crippen molar-refractivity contribution < 1.29 is 19.4 Å². The summed E-state index contributed by atoms with van der Waals surface area (Å²) in [4.78, 5) is 23.5. The van der Waals surface area contributed by atoms with Gasteiger partial charge in [-0.3, -0.25) is 4.79 Å². The number of ether oxygens (including phenoxy) is 1. The monoisotopic (exact) mass is 203 g/mol. The van der Waals surface area contributed by atoms with Gasteiger partial charge in [0.2, 0.25) is 0 Å². The number of amides is 1. The number of hydrogen-bond donors (Lipinski definition) is 1. The molecule has 0 fully saturated rings. The zero-order valence-electron chi connectivity index (χ0n) is 9.03. The first-order valence-corrected chi connectivity index (χ1v) is 4.41. The summed E-state index contributed by atoms with van der Waals surface area (Å²) in [5.41, 5.74) is -1.01. The first-order valence-electron chi connectivity index (χ1n) is 4.41. The van der Waals surface area contributed by atoms with E-state index in [4.69, 9.17) is 0 Å². The number of nitrogens with zero attached hydrogens (tertiary/aromatic N) is 1. The fraction of sp³-hybridized carbons (Fsp3) is 0.778. The van der Waals surface area contributed by atoms with Crippen molar-refractivity contribution in [1.82, 2.24) is 4.90 Å². The van der Waals surface area contributed by atoms with Crippen LogP contribution < -0.4 is 0 Å². The summed E-state index contributed by atoms with van der Waals surface area (Å²) in [5, 5.41) is 9.48. The van der Waals surface area contributed by atoms with Crippen molar-refractivity contribution in [2.24, 2.45) is 0 Å². The van der Waals surface area contributed by atoms with E-state index in [9.17, 15) is 14.7 Å². The molecule has 1 N–H and O–H groups in total. The van der Waals surface area contributed by atoms with Gasteiger partial charge >= 0.3 is 11.9 Å². The maximum absolute atomic E-state index is 11.3. The van der Waals surface area contributed by atoms with Crippen LogP contribution in [0.4, 0.5) is 0 Å². The fourth-order valence-corrected chi connectivity index (χ4v) is 1.01. The molecule has 0 bridgehead atoms. The van der Waals surface area contributed by atoms with E-state index in [-0.39, 0.29) is 6.54 Å². The average Bonchev–Trinajstić information content (AvgIpc) is 2.10. The molecule has 0 aliphatic heterocycles. The van der Waals surface area contributed by atoms with Crippen molar-refractivity contribution in [3.8, 4) is 0 Å². The van der Waals surface area contributed by atoms with Gasteiger partial charge in [0.25, 0.3) is 0 Å². The van der Waals surface area contributed by atoms with E-state index >= 15 is 0 Å². The third kappa shape index (κ3) is 4.23. The lowest BCUT2D eigenvalue weighted by Crippen LogP contribution is -2.45. The summed E-state index contributed by atoms with van der Waals surface area (Å²) in [6.07, 6.45) is 0. The molecule has 82 valence electrons. The van der Waals surface area contributed by atoms with Gasteiger partial charge in [-0.25, -0.2) is 4.79 Å². The van der Waals surface area contributed by atoms with Crippen LogP contribution in [0.5, 0.6) is 0 Å². The predicted octanol–water partition coefficient (Wildman–Crippen LogP) is -0.221. The molecule has 14 heavy (non-hydrogen) atoms. The summed E-state index contributed by atoms with van der Waals surface area (Å²) in [7, 11) is 1.15. The highest BCUT2D eigenvalue weighted by Gasteiger charge is 2.26. The second-order valence-corrected chi connectivity index (χ2v) is 3.62. The standard InChI is InChI=1S/C9H17NO4/c1-5-10(6-9(2,3)13)7(11)8(12)14-4/h13H,5-6H2,1-4H3. The number of methoxy groups -OCH3 is 1. The molecule has 5 nitrogen and oxygen atoms in total. The van der Waals surface area contributed by atoms with E-state index in [1.807, 2.05) is 0 Å². The molecule has 0 radical (unpaired) electrons. The van der Waals surface area contributed by atoms with Gasteiger partial charge in [-0.05, 0) is 20.8 Å². The second kappa shape index (κ2) is 4.95. The average molecular weight is 203 g/mol. The molecule has 0 atom stereocenters.